The molecule has 1 saturated carbocycles. The smallest absolute Gasteiger partial charge is 0.00800 e. The molecule has 0 radical (unpaired) electrons. The average Bonchev–Trinajstić information content (AvgIpc) is 2.35. The molecule has 0 amide bonds. The quantitative estimate of drug-likeness (QED) is 0.637. The molecule has 0 bridgehead atoms. The Hall–Kier alpha value is 0.310. The van der Waals surface area contributed by atoms with Crippen LogP contribution in [0, 0.1) is 0 Å². The van der Waals surface area contributed by atoms with Crippen molar-refractivity contribution in [2.45, 2.75) is 89.0 Å². The van der Waals surface area contributed by atoms with E-state index in [-0.39, 0.29) is 0 Å². The van der Waals surface area contributed by atoms with E-state index in [1.54, 1.807) is 0 Å². The van der Waals surface area contributed by atoms with Gasteiger partial charge < -0.3 is 5.32 Å². The lowest BCUT2D eigenvalue weighted by Gasteiger charge is -2.31. The molecule has 1 rings (SSSR count). The molecule has 0 aromatic rings. The zero-order valence-corrected chi connectivity index (χ0v) is 12.8. The number of rotatable bonds is 8. The van der Waals surface area contributed by atoms with Crippen molar-refractivity contribution in [3.8, 4) is 0 Å². The Balaban J connectivity index is 2.10. The van der Waals surface area contributed by atoms with Crippen LogP contribution in [0.1, 0.15) is 71.6 Å². The number of hydrogen-bond donors (Lipinski definition) is 1. The highest BCUT2D eigenvalue weighted by molar-refractivity contribution is 7.99. The fourth-order valence-electron chi connectivity index (χ4n) is 2.87. The summed E-state index contributed by atoms with van der Waals surface area (Å²) in [4.78, 5) is 0. The maximum Gasteiger partial charge on any atom is 0.00800 e. The summed E-state index contributed by atoms with van der Waals surface area (Å²) in [5.74, 6) is 0. The van der Waals surface area contributed by atoms with E-state index in [9.17, 15) is 0 Å². The molecular weight excluding hydrogens is 226 g/mol. The van der Waals surface area contributed by atoms with E-state index in [1.165, 1.54) is 57.8 Å². The number of nitrogens with one attached hydrogen (secondary N) is 1. The standard InChI is InChI=1S/C15H31NS/c1-4-5-6-7-9-13(2)16-14-10-8-11-15(12-14)17-3/h13-16H,4-12H2,1-3H3. The molecule has 1 nitrogen and oxygen atoms in total. The molecule has 3 unspecified atom stereocenters. The summed E-state index contributed by atoms with van der Waals surface area (Å²) < 4.78 is 0. The molecule has 1 fully saturated rings. The molecule has 0 aliphatic heterocycles. The number of unbranched alkanes of at least 4 members (excludes halogenated alkanes) is 3. The Morgan fingerprint density at radius 1 is 1.24 bits per heavy atom. The van der Waals surface area contributed by atoms with Crippen LogP contribution in [-0.4, -0.2) is 23.6 Å². The van der Waals surface area contributed by atoms with Gasteiger partial charge in [-0.25, -0.2) is 0 Å². The van der Waals surface area contributed by atoms with Gasteiger partial charge >= 0.3 is 0 Å². The molecule has 102 valence electrons. The van der Waals surface area contributed by atoms with Crippen LogP contribution in [-0.2, 0) is 0 Å². The van der Waals surface area contributed by atoms with Gasteiger partial charge in [0.25, 0.3) is 0 Å². The van der Waals surface area contributed by atoms with Crippen LogP contribution in [0.4, 0.5) is 0 Å². The molecule has 0 heterocycles. The second-order valence-corrected chi connectivity index (χ2v) is 6.78. The molecule has 1 N–H and O–H groups in total. The van der Waals surface area contributed by atoms with Crippen LogP contribution < -0.4 is 5.32 Å². The topological polar surface area (TPSA) is 12.0 Å². The van der Waals surface area contributed by atoms with Crippen molar-refractivity contribution >= 4 is 11.8 Å². The summed E-state index contributed by atoms with van der Waals surface area (Å²) in [5.41, 5.74) is 0. The summed E-state index contributed by atoms with van der Waals surface area (Å²) >= 11 is 2.06. The van der Waals surface area contributed by atoms with Crippen molar-refractivity contribution in [2.24, 2.45) is 0 Å². The SMILES string of the molecule is CCCCCCC(C)NC1CCCC(SC)C1. The van der Waals surface area contributed by atoms with Gasteiger partial charge in [0.2, 0.25) is 0 Å². The largest absolute Gasteiger partial charge is 0.311 e. The third kappa shape index (κ3) is 6.71. The molecule has 1 aliphatic carbocycles. The van der Waals surface area contributed by atoms with Gasteiger partial charge in [-0.05, 0) is 38.9 Å². The Labute approximate surface area is 113 Å². The van der Waals surface area contributed by atoms with Crippen molar-refractivity contribution < 1.29 is 0 Å². The first-order chi connectivity index (χ1) is 8.26. The second-order valence-electron chi connectivity index (χ2n) is 5.64. The fraction of sp³-hybridized carbons (Fsp3) is 1.00. The molecule has 1 aliphatic rings. The highest BCUT2D eigenvalue weighted by Gasteiger charge is 2.21. The first-order valence-corrected chi connectivity index (χ1v) is 8.83. The van der Waals surface area contributed by atoms with Crippen molar-refractivity contribution in [2.75, 3.05) is 6.26 Å². The minimum Gasteiger partial charge on any atom is -0.311 e. The maximum atomic E-state index is 3.85. The van der Waals surface area contributed by atoms with Crippen LogP contribution in [0.3, 0.4) is 0 Å². The van der Waals surface area contributed by atoms with Crippen LogP contribution in [0.2, 0.25) is 0 Å². The minimum atomic E-state index is 0.720. The fourth-order valence-corrected chi connectivity index (χ4v) is 3.70. The van der Waals surface area contributed by atoms with Crippen LogP contribution in [0.5, 0.6) is 0 Å². The van der Waals surface area contributed by atoms with Crippen LogP contribution >= 0.6 is 11.8 Å². The van der Waals surface area contributed by atoms with Gasteiger partial charge in [0, 0.05) is 17.3 Å². The molecule has 0 aromatic carbocycles. The first-order valence-electron chi connectivity index (χ1n) is 7.55. The summed E-state index contributed by atoms with van der Waals surface area (Å²) in [7, 11) is 0. The van der Waals surface area contributed by atoms with Crippen LogP contribution in [0.15, 0.2) is 0 Å². The van der Waals surface area contributed by atoms with E-state index in [2.05, 4.69) is 37.2 Å². The monoisotopic (exact) mass is 257 g/mol. The zero-order valence-electron chi connectivity index (χ0n) is 12.0. The molecule has 3 atom stereocenters. The molecule has 0 spiro atoms. The lowest BCUT2D eigenvalue weighted by atomic mass is 9.94. The van der Waals surface area contributed by atoms with Gasteiger partial charge in [-0.2, -0.15) is 11.8 Å². The Kier molecular flexibility index (Phi) is 8.38. The summed E-state index contributed by atoms with van der Waals surface area (Å²) in [6.45, 7) is 4.65. The van der Waals surface area contributed by atoms with Crippen molar-refractivity contribution in [3.05, 3.63) is 0 Å². The van der Waals surface area contributed by atoms with E-state index in [0.29, 0.717) is 0 Å². The Morgan fingerprint density at radius 2 is 2.06 bits per heavy atom. The predicted molar refractivity (Wildman–Crippen MR) is 80.9 cm³/mol. The lowest BCUT2D eigenvalue weighted by molar-refractivity contribution is 0.338. The van der Waals surface area contributed by atoms with E-state index in [0.717, 1.165) is 17.3 Å². The molecule has 0 saturated heterocycles. The van der Waals surface area contributed by atoms with Gasteiger partial charge in [-0.3, -0.25) is 0 Å². The van der Waals surface area contributed by atoms with Crippen molar-refractivity contribution in [1.29, 1.82) is 0 Å². The Bertz CT molecular complexity index is 184. The zero-order chi connectivity index (χ0) is 12.5. The number of hydrogen-bond acceptors (Lipinski definition) is 2. The number of thioether (sulfide) groups is 1. The highest BCUT2D eigenvalue weighted by Crippen LogP contribution is 2.27. The highest BCUT2D eigenvalue weighted by atomic mass is 32.2. The van der Waals surface area contributed by atoms with Crippen LogP contribution in [0.25, 0.3) is 0 Å². The van der Waals surface area contributed by atoms with E-state index in [1.807, 2.05) is 0 Å². The second kappa shape index (κ2) is 9.27. The molecular formula is C15H31NS. The third-order valence-electron chi connectivity index (χ3n) is 3.97. The van der Waals surface area contributed by atoms with Gasteiger partial charge in [-0.15, -0.1) is 0 Å². The lowest BCUT2D eigenvalue weighted by Crippen LogP contribution is -2.40. The molecule has 17 heavy (non-hydrogen) atoms. The first kappa shape index (κ1) is 15.4. The summed E-state index contributed by atoms with van der Waals surface area (Å²) in [6.07, 6.45) is 14.8. The maximum absolute atomic E-state index is 3.85. The van der Waals surface area contributed by atoms with E-state index < -0.39 is 0 Å². The third-order valence-corrected chi connectivity index (χ3v) is 5.07. The predicted octanol–water partition coefficient (Wildman–Crippen LogP) is 4.61. The summed E-state index contributed by atoms with van der Waals surface area (Å²) in [5, 5.41) is 4.76. The Morgan fingerprint density at radius 3 is 2.76 bits per heavy atom. The van der Waals surface area contributed by atoms with Gasteiger partial charge in [0.15, 0.2) is 0 Å². The van der Waals surface area contributed by atoms with Gasteiger partial charge in [0.05, 0.1) is 0 Å². The van der Waals surface area contributed by atoms with Crippen molar-refractivity contribution in [3.63, 3.8) is 0 Å². The average molecular weight is 257 g/mol. The van der Waals surface area contributed by atoms with E-state index >= 15 is 0 Å². The molecule has 0 aromatic heterocycles. The molecule has 2 heteroatoms. The van der Waals surface area contributed by atoms with Gasteiger partial charge in [-0.1, -0.05) is 39.0 Å². The van der Waals surface area contributed by atoms with E-state index in [4.69, 9.17) is 0 Å². The van der Waals surface area contributed by atoms with Crippen molar-refractivity contribution in [1.82, 2.24) is 5.32 Å². The van der Waals surface area contributed by atoms with Gasteiger partial charge in [0.1, 0.15) is 0 Å². The minimum absolute atomic E-state index is 0.720. The normalized spacial score (nSPS) is 27.0. The summed E-state index contributed by atoms with van der Waals surface area (Å²) in [6, 6.07) is 1.51.